The fourth-order valence-electron chi connectivity index (χ4n) is 1.45. The van der Waals surface area contributed by atoms with Crippen LogP contribution in [0, 0.1) is 17.5 Å². The van der Waals surface area contributed by atoms with Crippen LogP contribution in [0.2, 0.25) is 0 Å². The molecule has 10 heteroatoms. The Morgan fingerprint density at radius 3 is 2.33 bits per heavy atom. The van der Waals surface area contributed by atoms with Gasteiger partial charge in [0.25, 0.3) is 0 Å². The van der Waals surface area contributed by atoms with Gasteiger partial charge in [0.15, 0.2) is 11.6 Å². The van der Waals surface area contributed by atoms with E-state index in [4.69, 9.17) is 5.84 Å². The third kappa shape index (κ3) is 3.28. The van der Waals surface area contributed by atoms with E-state index in [9.17, 15) is 13.2 Å². The smallest absolute Gasteiger partial charge is 0.243 e. The van der Waals surface area contributed by atoms with Gasteiger partial charge in [-0.25, -0.2) is 19.0 Å². The Kier molecular flexibility index (Phi) is 4.08. The predicted octanol–water partition coefficient (Wildman–Crippen LogP) is 1.38. The molecule has 0 saturated carbocycles. The lowest BCUT2D eigenvalue weighted by atomic mass is 10.3. The molecule has 0 aliphatic rings. The summed E-state index contributed by atoms with van der Waals surface area (Å²) in [5.74, 6) is 1.82. The van der Waals surface area contributed by atoms with Crippen molar-refractivity contribution < 1.29 is 13.2 Å². The highest BCUT2D eigenvalue weighted by molar-refractivity contribution is 5.56. The highest BCUT2D eigenvalue weighted by Crippen LogP contribution is 2.22. The molecule has 0 radical (unpaired) electrons. The van der Waals surface area contributed by atoms with Gasteiger partial charge in [-0.05, 0) is 0 Å². The summed E-state index contributed by atoms with van der Waals surface area (Å²) in [6.45, 7) is 0. The number of nitrogens with two attached hydrogens (primary N) is 1. The van der Waals surface area contributed by atoms with E-state index < -0.39 is 23.1 Å². The normalized spacial score (nSPS) is 10.4. The third-order valence-corrected chi connectivity index (χ3v) is 2.39. The number of aromatic nitrogens is 3. The minimum atomic E-state index is -1.32. The Labute approximate surface area is 118 Å². The number of nitrogens with zero attached hydrogens (tertiary/aromatic N) is 4. The molecule has 7 nitrogen and oxygen atoms in total. The van der Waals surface area contributed by atoms with Crippen LogP contribution in [0.3, 0.4) is 0 Å². The van der Waals surface area contributed by atoms with Gasteiger partial charge in [0.2, 0.25) is 17.8 Å². The quantitative estimate of drug-likeness (QED) is 0.446. The molecule has 1 aromatic heterocycles. The zero-order chi connectivity index (χ0) is 15.6. The number of hydrazine groups is 1. The van der Waals surface area contributed by atoms with Crippen LogP contribution >= 0.6 is 0 Å². The lowest BCUT2D eigenvalue weighted by molar-refractivity contribution is 0.498. The number of rotatable bonds is 4. The first-order valence-corrected chi connectivity index (χ1v) is 5.72. The van der Waals surface area contributed by atoms with Gasteiger partial charge in [0.1, 0.15) is 5.82 Å². The van der Waals surface area contributed by atoms with Gasteiger partial charge >= 0.3 is 0 Å². The van der Waals surface area contributed by atoms with Crippen molar-refractivity contribution in [2.75, 3.05) is 29.7 Å². The summed E-state index contributed by atoms with van der Waals surface area (Å²) in [6.07, 6.45) is 0. The van der Waals surface area contributed by atoms with E-state index >= 15 is 0 Å². The highest BCUT2D eigenvalue weighted by Gasteiger charge is 2.14. The van der Waals surface area contributed by atoms with Crippen LogP contribution in [0.1, 0.15) is 0 Å². The molecule has 0 unspecified atom stereocenters. The monoisotopic (exact) mass is 299 g/mol. The summed E-state index contributed by atoms with van der Waals surface area (Å²) in [5, 5.41) is 2.38. The largest absolute Gasteiger partial charge is 0.347 e. The molecule has 0 bridgehead atoms. The minimum absolute atomic E-state index is 0.00785. The average molecular weight is 299 g/mol. The molecular weight excluding hydrogens is 287 g/mol. The lowest BCUT2D eigenvalue weighted by Crippen LogP contribution is -2.18. The molecule has 4 N–H and O–H groups in total. The number of hydrogen-bond acceptors (Lipinski definition) is 7. The molecule has 0 aliphatic heterocycles. The predicted molar refractivity (Wildman–Crippen MR) is 71.6 cm³/mol. The summed E-state index contributed by atoms with van der Waals surface area (Å²) in [4.78, 5) is 13.3. The average Bonchev–Trinajstić information content (AvgIpc) is 2.43. The van der Waals surface area contributed by atoms with Crippen LogP contribution < -0.4 is 21.5 Å². The second-order valence-electron chi connectivity index (χ2n) is 4.20. The molecule has 2 aromatic rings. The van der Waals surface area contributed by atoms with Gasteiger partial charge in [-0.3, -0.25) is 5.43 Å². The molecule has 1 aromatic carbocycles. The molecule has 0 saturated heterocycles. The molecule has 0 atom stereocenters. The van der Waals surface area contributed by atoms with E-state index in [0.717, 1.165) is 6.07 Å². The van der Waals surface area contributed by atoms with Gasteiger partial charge in [-0.2, -0.15) is 15.0 Å². The van der Waals surface area contributed by atoms with Gasteiger partial charge < -0.3 is 10.2 Å². The van der Waals surface area contributed by atoms with Crippen molar-refractivity contribution >= 4 is 23.5 Å². The number of anilines is 4. The molecule has 2 rings (SSSR count). The SMILES string of the molecule is CN(C)c1nc(NN)nc(Nc2cc(F)cc(F)c2F)n1. The second-order valence-corrected chi connectivity index (χ2v) is 4.20. The van der Waals surface area contributed by atoms with Crippen molar-refractivity contribution in [1.29, 1.82) is 0 Å². The van der Waals surface area contributed by atoms with E-state index in [2.05, 4.69) is 25.7 Å². The fourth-order valence-corrected chi connectivity index (χ4v) is 1.45. The molecule has 112 valence electrons. The first-order valence-electron chi connectivity index (χ1n) is 5.72. The molecule has 0 spiro atoms. The molecule has 0 aliphatic carbocycles. The standard InChI is InChI=1S/C11H12F3N7/c1-21(2)11-18-9(17-10(19-11)20-15)16-7-4-5(12)3-6(13)8(7)14/h3-4H,15H2,1-2H3,(H2,16,17,18,19,20). The molecular formula is C11H12F3N7. The first-order chi connectivity index (χ1) is 9.90. The maximum Gasteiger partial charge on any atom is 0.243 e. The van der Waals surface area contributed by atoms with Gasteiger partial charge in [-0.15, -0.1) is 0 Å². The van der Waals surface area contributed by atoms with Crippen LogP contribution in [-0.4, -0.2) is 29.0 Å². The summed E-state index contributed by atoms with van der Waals surface area (Å²) >= 11 is 0. The van der Waals surface area contributed by atoms with Crippen LogP contribution in [0.15, 0.2) is 12.1 Å². The highest BCUT2D eigenvalue weighted by atomic mass is 19.2. The topological polar surface area (TPSA) is 92.0 Å². The summed E-state index contributed by atoms with van der Waals surface area (Å²) < 4.78 is 39.9. The van der Waals surface area contributed by atoms with Gasteiger partial charge in [-0.1, -0.05) is 0 Å². The summed E-state index contributed by atoms with van der Waals surface area (Å²) in [6, 6.07) is 1.22. The zero-order valence-electron chi connectivity index (χ0n) is 11.2. The van der Waals surface area contributed by atoms with Crippen molar-refractivity contribution in [1.82, 2.24) is 15.0 Å². The Morgan fingerprint density at radius 1 is 1.05 bits per heavy atom. The maximum atomic E-state index is 13.6. The van der Waals surface area contributed by atoms with Crippen molar-refractivity contribution in [3.8, 4) is 0 Å². The number of halogens is 3. The van der Waals surface area contributed by atoms with Crippen LogP contribution in [0.4, 0.5) is 36.7 Å². The first kappa shape index (κ1) is 14.8. The Balaban J connectivity index is 2.41. The number of hydrogen-bond donors (Lipinski definition) is 3. The zero-order valence-corrected chi connectivity index (χ0v) is 11.2. The van der Waals surface area contributed by atoms with Crippen molar-refractivity contribution in [2.24, 2.45) is 5.84 Å². The second kappa shape index (κ2) is 5.79. The fraction of sp³-hybridized carbons (Fsp3) is 0.182. The number of nitrogens with one attached hydrogen (secondary N) is 2. The van der Waals surface area contributed by atoms with Gasteiger partial charge in [0.05, 0.1) is 5.69 Å². The Morgan fingerprint density at radius 2 is 1.71 bits per heavy atom. The van der Waals surface area contributed by atoms with E-state index in [-0.39, 0.29) is 17.8 Å². The molecule has 0 amide bonds. The molecule has 1 heterocycles. The Bertz CT molecular complexity index is 663. The summed E-state index contributed by atoms with van der Waals surface area (Å²) in [7, 11) is 3.34. The minimum Gasteiger partial charge on any atom is -0.347 e. The maximum absolute atomic E-state index is 13.6. The van der Waals surface area contributed by atoms with Crippen molar-refractivity contribution in [3.63, 3.8) is 0 Å². The van der Waals surface area contributed by atoms with Crippen LogP contribution in [0.5, 0.6) is 0 Å². The van der Waals surface area contributed by atoms with E-state index in [0.29, 0.717) is 6.07 Å². The molecule has 0 fully saturated rings. The van der Waals surface area contributed by atoms with Gasteiger partial charge in [0, 0.05) is 26.2 Å². The third-order valence-electron chi connectivity index (χ3n) is 2.39. The van der Waals surface area contributed by atoms with Crippen LogP contribution in [0.25, 0.3) is 0 Å². The van der Waals surface area contributed by atoms with Crippen LogP contribution in [-0.2, 0) is 0 Å². The van der Waals surface area contributed by atoms with E-state index in [1.807, 2.05) is 0 Å². The number of benzene rings is 1. The Hall–Kier alpha value is -2.62. The van der Waals surface area contributed by atoms with E-state index in [1.165, 1.54) is 0 Å². The lowest BCUT2D eigenvalue weighted by Gasteiger charge is -2.13. The number of nitrogen functional groups attached to an aromatic ring is 1. The van der Waals surface area contributed by atoms with Crippen molar-refractivity contribution in [3.05, 3.63) is 29.6 Å². The van der Waals surface area contributed by atoms with E-state index in [1.54, 1.807) is 19.0 Å². The van der Waals surface area contributed by atoms with Crippen molar-refractivity contribution in [2.45, 2.75) is 0 Å². The summed E-state index contributed by atoms with van der Waals surface area (Å²) in [5.41, 5.74) is 1.78. The molecule has 21 heavy (non-hydrogen) atoms.